The van der Waals surface area contributed by atoms with Crippen molar-refractivity contribution in [3.8, 4) is 0 Å². The van der Waals surface area contributed by atoms with Crippen molar-refractivity contribution in [2.24, 2.45) is 0 Å². The summed E-state index contributed by atoms with van der Waals surface area (Å²) < 4.78 is 0. The van der Waals surface area contributed by atoms with E-state index in [-0.39, 0.29) is 11.9 Å². The van der Waals surface area contributed by atoms with Crippen LogP contribution in [0.25, 0.3) is 10.9 Å². The number of carbonyl (C=O) groups excluding carboxylic acids is 1. The smallest absolute Gasteiger partial charge is 0.273 e. The molecule has 0 atom stereocenters. The Hall–Kier alpha value is -3.02. The molecule has 1 aromatic carbocycles. The number of nitrogen functional groups attached to an aromatic ring is 1. The van der Waals surface area contributed by atoms with Crippen molar-refractivity contribution in [1.29, 1.82) is 0 Å². The molecule has 2 N–H and O–H groups in total. The summed E-state index contributed by atoms with van der Waals surface area (Å²) in [6, 6.07) is 11.4. The molecule has 0 radical (unpaired) electrons. The summed E-state index contributed by atoms with van der Waals surface area (Å²) in [5, 5.41) is 1.02. The Labute approximate surface area is 126 Å². The number of carbonyl (C=O) groups is 1. The Balaban J connectivity index is 1.64. The highest BCUT2D eigenvalue weighted by Gasteiger charge is 2.26. The van der Waals surface area contributed by atoms with Gasteiger partial charge < -0.3 is 10.6 Å². The number of anilines is 1. The number of benzene rings is 1. The molecule has 2 aromatic heterocycles. The van der Waals surface area contributed by atoms with E-state index in [0.29, 0.717) is 18.8 Å². The van der Waals surface area contributed by atoms with Gasteiger partial charge in [0.2, 0.25) is 5.95 Å². The maximum atomic E-state index is 12.6. The van der Waals surface area contributed by atoms with E-state index in [2.05, 4.69) is 15.0 Å². The van der Waals surface area contributed by atoms with E-state index in [0.717, 1.165) is 22.2 Å². The third-order valence-electron chi connectivity index (χ3n) is 3.78. The molecule has 1 aliphatic heterocycles. The van der Waals surface area contributed by atoms with Gasteiger partial charge in [-0.3, -0.25) is 4.79 Å². The van der Waals surface area contributed by atoms with Crippen LogP contribution in [-0.4, -0.2) is 25.8 Å². The number of hydrogen-bond donors (Lipinski definition) is 1. The molecule has 0 saturated heterocycles. The second-order valence-electron chi connectivity index (χ2n) is 5.25. The summed E-state index contributed by atoms with van der Waals surface area (Å²) in [4.78, 5) is 26.9. The summed E-state index contributed by atoms with van der Waals surface area (Å²) >= 11 is 0. The highest BCUT2D eigenvalue weighted by Crippen LogP contribution is 2.23. The van der Waals surface area contributed by atoms with Gasteiger partial charge in [0, 0.05) is 23.7 Å². The lowest BCUT2D eigenvalue weighted by molar-refractivity contribution is 0.0745. The van der Waals surface area contributed by atoms with Crippen molar-refractivity contribution >= 4 is 22.8 Å². The van der Waals surface area contributed by atoms with Gasteiger partial charge in [-0.2, -0.15) is 0 Å². The fourth-order valence-corrected chi connectivity index (χ4v) is 2.66. The Morgan fingerprint density at radius 3 is 2.86 bits per heavy atom. The predicted molar refractivity (Wildman–Crippen MR) is 81.8 cm³/mol. The molecule has 0 aliphatic carbocycles. The number of aromatic nitrogens is 3. The molecular formula is C16H13N5O. The van der Waals surface area contributed by atoms with Crippen LogP contribution in [0.2, 0.25) is 0 Å². The van der Waals surface area contributed by atoms with Crippen LogP contribution < -0.4 is 5.73 Å². The SMILES string of the molecule is Nc1ncc2c(n1)CN(C(=O)c1ccc3ccccc3n1)C2. The van der Waals surface area contributed by atoms with Crippen molar-refractivity contribution in [2.45, 2.75) is 13.1 Å². The van der Waals surface area contributed by atoms with Crippen molar-refractivity contribution in [3.63, 3.8) is 0 Å². The lowest BCUT2D eigenvalue weighted by Gasteiger charge is -2.14. The van der Waals surface area contributed by atoms with Crippen LogP contribution in [0, 0.1) is 0 Å². The van der Waals surface area contributed by atoms with E-state index in [4.69, 9.17) is 5.73 Å². The van der Waals surface area contributed by atoms with Crippen LogP contribution in [0.3, 0.4) is 0 Å². The Bertz CT molecular complexity index is 893. The summed E-state index contributed by atoms with van der Waals surface area (Å²) in [6.07, 6.45) is 1.68. The molecular weight excluding hydrogens is 278 g/mol. The van der Waals surface area contributed by atoms with Gasteiger partial charge in [-0.05, 0) is 12.1 Å². The van der Waals surface area contributed by atoms with Crippen LogP contribution in [0.5, 0.6) is 0 Å². The molecule has 1 aliphatic rings. The van der Waals surface area contributed by atoms with Crippen LogP contribution >= 0.6 is 0 Å². The van der Waals surface area contributed by atoms with Crippen molar-refractivity contribution < 1.29 is 4.79 Å². The maximum absolute atomic E-state index is 12.6. The molecule has 22 heavy (non-hydrogen) atoms. The third-order valence-corrected chi connectivity index (χ3v) is 3.78. The van der Waals surface area contributed by atoms with E-state index < -0.39 is 0 Å². The molecule has 6 heteroatoms. The van der Waals surface area contributed by atoms with Crippen molar-refractivity contribution in [3.05, 3.63) is 59.5 Å². The second-order valence-corrected chi connectivity index (χ2v) is 5.25. The predicted octanol–water partition coefficient (Wildman–Crippen LogP) is 1.76. The van der Waals surface area contributed by atoms with Crippen molar-refractivity contribution in [1.82, 2.24) is 19.9 Å². The number of fused-ring (bicyclic) bond motifs is 2. The molecule has 4 rings (SSSR count). The fourth-order valence-electron chi connectivity index (χ4n) is 2.66. The number of nitrogens with zero attached hydrogens (tertiary/aromatic N) is 4. The summed E-state index contributed by atoms with van der Waals surface area (Å²) in [5.74, 6) is 0.124. The lowest BCUT2D eigenvalue weighted by Crippen LogP contribution is -2.26. The minimum absolute atomic E-state index is 0.109. The summed E-state index contributed by atoms with van der Waals surface area (Å²) in [6.45, 7) is 0.929. The number of pyridine rings is 1. The first-order valence-electron chi connectivity index (χ1n) is 6.96. The first-order valence-corrected chi connectivity index (χ1v) is 6.96. The number of hydrogen-bond acceptors (Lipinski definition) is 5. The molecule has 0 saturated carbocycles. The van der Waals surface area contributed by atoms with Gasteiger partial charge in [-0.25, -0.2) is 15.0 Å². The van der Waals surface area contributed by atoms with Crippen LogP contribution in [0.1, 0.15) is 21.7 Å². The zero-order valence-electron chi connectivity index (χ0n) is 11.7. The molecule has 0 fully saturated rings. The minimum Gasteiger partial charge on any atom is -0.368 e. The quantitative estimate of drug-likeness (QED) is 0.738. The monoisotopic (exact) mass is 291 g/mol. The van der Waals surface area contributed by atoms with Crippen LogP contribution in [0.4, 0.5) is 5.95 Å². The molecule has 0 unspecified atom stereocenters. The zero-order valence-corrected chi connectivity index (χ0v) is 11.7. The second kappa shape index (κ2) is 4.77. The van der Waals surface area contributed by atoms with Gasteiger partial charge in [-0.1, -0.05) is 24.3 Å². The van der Waals surface area contributed by atoms with Crippen LogP contribution in [-0.2, 0) is 13.1 Å². The largest absolute Gasteiger partial charge is 0.368 e. The van der Waals surface area contributed by atoms with Crippen LogP contribution in [0.15, 0.2) is 42.6 Å². The van der Waals surface area contributed by atoms with Gasteiger partial charge >= 0.3 is 0 Å². The number of nitrogens with two attached hydrogens (primary N) is 1. The first kappa shape index (κ1) is 12.7. The Kier molecular flexibility index (Phi) is 2.75. The molecule has 0 spiro atoms. The zero-order chi connectivity index (χ0) is 15.1. The van der Waals surface area contributed by atoms with Gasteiger partial charge in [0.05, 0.1) is 17.8 Å². The highest BCUT2D eigenvalue weighted by atomic mass is 16.2. The van der Waals surface area contributed by atoms with E-state index in [1.54, 1.807) is 17.2 Å². The number of para-hydroxylation sites is 1. The molecule has 3 aromatic rings. The number of amides is 1. The molecule has 3 heterocycles. The van der Waals surface area contributed by atoms with Gasteiger partial charge in [-0.15, -0.1) is 0 Å². The average Bonchev–Trinajstić information content (AvgIpc) is 2.96. The standard InChI is InChI=1S/C16H13N5O/c17-16-18-7-11-8-21(9-14(11)20-16)15(22)13-6-5-10-3-1-2-4-12(10)19-13/h1-7H,8-9H2,(H2,17,18,20). The Morgan fingerprint density at radius 1 is 1.09 bits per heavy atom. The van der Waals surface area contributed by atoms with Gasteiger partial charge in [0.25, 0.3) is 5.91 Å². The first-order chi connectivity index (χ1) is 10.7. The normalized spacial score (nSPS) is 13.4. The Morgan fingerprint density at radius 2 is 1.95 bits per heavy atom. The van der Waals surface area contributed by atoms with E-state index in [1.165, 1.54) is 0 Å². The van der Waals surface area contributed by atoms with Crippen molar-refractivity contribution in [2.75, 3.05) is 5.73 Å². The summed E-state index contributed by atoms with van der Waals surface area (Å²) in [7, 11) is 0. The average molecular weight is 291 g/mol. The molecule has 1 amide bonds. The lowest BCUT2D eigenvalue weighted by atomic mass is 10.2. The van der Waals surface area contributed by atoms with Gasteiger partial charge in [0.15, 0.2) is 0 Å². The fraction of sp³-hybridized carbons (Fsp3) is 0.125. The molecule has 108 valence electrons. The van der Waals surface area contributed by atoms with E-state index in [9.17, 15) is 4.79 Å². The maximum Gasteiger partial charge on any atom is 0.273 e. The number of rotatable bonds is 1. The molecule has 6 nitrogen and oxygen atoms in total. The summed E-state index contributed by atoms with van der Waals surface area (Å²) in [5.41, 5.74) is 8.58. The highest BCUT2D eigenvalue weighted by molar-refractivity contribution is 5.95. The van der Waals surface area contributed by atoms with E-state index in [1.807, 2.05) is 30.3 Å². The van der Waals surface area contributed by atoms with E-state index >= 15 is 0 Å². The topological polar surface area (TPSA) is 85.0 Å². The van der Waals surface area contributed by atoms with Gasteiger partial charge in [0.1, 0.15) is 5.69 Å². The molecule has 0 bridgehead atoms. The third kappa shape index (κ3) is 2.05. The minimum atomic E-state index is -0.109.